The Balaban J connectivity index is 1.91. The van der Waals surface area contributed by atoms with E-state index in [1.165, 1.54) is 31.4 Å². The number of carbonyl (C=O) groups is 2. The molecule has 0 N–H and O–H groups in total. The first-order chi connectivity index (χ1) is 15.7. The van der Waals surface area contributed by atoms with Crippen molar-refractivity contribution < 1.29 is 37.0 Å². The van der Waals surface area contributed by atoms with Gasteiger partial charge in [-0.1, -0.05) is 48.5 Å². The molecule has 0 radical (unpaired) electrons. The number of halogens is 3. The molecule has 0 heterocycles. The van der Waals surface area contributed by atoms with E-state index in [1.54, 1.807) is 55.5 Å². The zero-order valence-corrected chi connectivity index (χ0v) is 18.0. The smallest absolute Gasteiger partial charge is 0.494 e. The largest absolute Gasteiger partial charge is 0.573 e. The number of hydrogen-bond acceptors (Lipinski definition) is 5. The molecule has 3 rings (SSSR count). The summed E-state index contributed by atoms with van der Waals surface area (Å²) in [6.45, 7) is 2.18. The van der Waals surface area contributed by atoms with E-state index in [0.29, 0.717) is 17.9 Å². The van der Waals surface area contributed by atoms with Crippen LogP contribution in [0.25, 0.3) is 0 Å². The number of hydrogen-bond donors (Lipinski definition) is 0. The fourth-order valence-electron chi connectivity index (χ4n) is 3.73. The molecule has 1 aliphatic carbocycles. The standard InChI is InChI=1S/C25H23F3O5/c1-3-32-19-13-14-20(21(15-19)23(30)22(29)16-7-5-4-6-8-16)24(31-2)17-9-11-18(12-10-17)33-25(26,27)28/h4-15,20-21,24H,3H2,1-2H3. The summed E-state index contributed by atoms with van der Waals surface area (Å²) in [7, 11) is 1.43. The second-order valence-corrected chi connectivity index (χ2v) is 7.30. The maximum absolute atomic E-state index is 13.2. The Labute approximate surface area is 189 Å². The monoisotopic (exact) mass is 460 g/mol. The molecule has 33 heavy (non-hydrogen) atoms. The van der Waals surface area contributed by atoms with Gasteiger partial charge in [0.05, 0.1) is 18.6 Å². The third-order valence-corrected chi connectivity index (χ3v) is 5.16. The zero-order valence-electron chi connectivity index (χ0n) is 18.0. The highest BCUT2D eigenvalue weighted by Crippen LogP contribution is 2.38. The lowest BCUT2D eigenvalue weighted by Crippen LogP contribution is -2.33. The van der Waals surface area contributed by atoms with Crippen LogP contribution in [0.4, 0.5) is 13.2 Å². The van der Waals surface area contributed by atoms with E-state index >= 15 is 0 Å². The summed E-state index contributed by atoms with van der Waals surface area (Å²) in [6, 6.07) is 13.4. The summed E-state index contributed by atoms with van der Waals surface area (Å²) < 4.78 is 52.5. The molecule has 174 valence electrons. The number of carbonyl (C=O) groups excluding carboxylic acids is 2. The highest BCUT2D eigenvalue weighted by molar-refractivity contribution is 6.44. The van der Waals surface area contributed by atoms with Gasteiger partial charge in [0.2, 0.25) is 11.6 Å². The molecule has 0 aliphatic heterocycles. The minimum absolute atomic E-state index is 0.268. The Hall–Kier alpha value is -3.39. The molecule has 0 saturated heterocycles. The lowest BCUT2D eigenvalue weighted by atomic mass is 9.77. The molecule has 3 unspecified atom stereocenters. The molecule has 0 bridgehead atoms. The Morgan fingerprint density at radius 2 is 1.70 bits per heavy atom. The van der Waals surface area contributed by atoms with Crippen LogP contribution >= 0.6 is 0 Å². The first-order valence-electron chi connectivity index (χ1n) is 10.3. The van der Waals surface area contributed by atoms with Crippen LogP contribution < -0.4 is 4.74 Å². The second-order valence-electron chi connectivity index (χ2n) is 7.30. The maximum Gasteiger partial charge on any atom is 0.573 e. The van der Waals surface area contributed by atoms with Gasteiger partial charge in [-0.25, -0.2) is 0 Å². The Kier molecular flexibility index (Phi) is 7.71. The number of Topliss-reactive ketones (excluding diaryl/α,β-unsaturated/α-hetero) is 2. The van der Waals surface area contributed by atoms with Gasteiger partial charge in [-0.05, 0) is 36.8 Å². The number of ketones is 2. The summed E-state index contributed by atoms with van der Waals surface area (Å²) in [4.78, 5) is 26.1. The van der Waals surface area contributed by atoms with Crippen LogP contribution in [-0.4, -0.2) is 31.6 Å². The van der Waals surface area contributed by atoms with E-state index in [1.807, 2.05) is 0 Å². The molecule has 3 atom stereocenters. The van der Waals surface area contributed by atoms with Gasteiger partial charge in [0.15, 0.2) is 0 Å². The number of allylic oxidation sites excluding steroid dienone is 2. The first-order valence-corrected chi connectivity index (χ1v) is 10.3. The normalized spacial score (nSPS) is 18.9. The summed E-state index contributed by atoms with van der Waals surface area (Å²) in [5.74, 6) is -2.67. The quantitative estimate of drug-likeness (QED) is 0.368. The summed E-state index contributed by atoms with van der Waals surface area (Å²) in [5, 5.41) is 0. The molecule has 2 aromatic rings. The lowest BCUT2D eigenvalue weighted by Gasteiger charge is -2.31. The molecular formula is C25H23F3O5. The second kappa shape index (κ2) is 10.5. The van der Waals surface area contributed by atoms with E-state index in [0.717, 1.165) is 0 Å². The van der Waals surface area contributed by atoms with Crippen LogP contribution in [0.15, 0.2) is 78.6 Å². The van der Waals surface area contributed by atoms with Gasteiger partial charge < -0.3 is 14.2 Å². The van der Waals surface area contributed by atoms with Crippen LogP contribution in [0.2, 0.25) is 0 Å². The van der Waals surface area contributed by atoms with E-state index in [2.05, 4.69) is 4.74 Å². The van der Waals surface area contributed by atoms with E-state index in [4.69, 9.17) is 9.47 Å². The zero-order chi connectivity index (χ0) is 24.0. The van der Waals surface area contributed by atoms with Crippen molar-refractivity contribution in [3.63, 3.8) is 0 Å². The Morgan fingerprint density at radius 1 is 1.03 bits per heavy atom. The van der Waals surface area contributed by atoms with E-state index < -0.39 is 35.9 Å². The molecule has 0 fully saturated rings. The number of benzene rings is 2. The summed E-state index contributed by atoms with van der Waals surface area (Å²) in [6.07, 6.45) is -0.509. The minimum Gasteiger partial charge on any atom is -0.494 e. The van der Waals surface area contributed by atoms with Crippen LogP contribution in [0.3, 0.4) is 0 Å². The minimum atomic E-state index is -4.80. The van der Waals surface area contributed by atoms with Crippen molar-refractivity contribution in [3.8, 4) is 5.75 Å². The molecule has 0 amide bonds. The third kappa shape index (κ3) is 6.10. The molecule has 0 saturated carbocycles. The molecule has 2 aromatic carbocycles. The van der Waals surface area contributed by atoms with Gasteiger partial charge in [-0.2, -0.15) is 0 Å². The van der Waals surface area contributed by atoms with Gasteiger partial charge >= 0.3 is 6.36 Å². The average Bonchev–Trinajstić information content (AvgIpc) is 2.80. The Morgan fingerprint density at radius 3 is 2.27 bits per heavy atom. The van der Waals surface area contributed by atoms with Crippen molar-refractivity contribution in [1.29, 1.82) is 0 Å². The molecule has 8 heteroatoms. The van der Waals surface area contributed by atoms with Crippen molar-refractivity contribution in [2.24, 2.45) is 11.8 Å². The van der Waals surface area contributed by atoms with Gasteiger partial charge in [0.1, 0.15) is 11.5 Å². The third-order valence-electron chi connectivity index (χ3n) is 5.16. The summed E-state index contributed by atoms with van der Waals surface area (Å²) >= 11 is 0. The van der Waals surface area contributed by atoms with Crippen molar-refractivity contribution >= 4 is 11.6 Å². The van der Waals surface area contributed by atoms with Gasteiger partial charge in [-0.3, -0.25) is 9.59 Å². The SMILES string of the molecule is CCOC1=CC(C(=O)C(=O)c2ccccc2)C(C(OC)c2ccc(OC(F)(F)F)cc2)C=C1. The van der Waals surface area contributed by atoms with Crippen LogP contribution in [0.1, 0.15) is 28.9 Å². The summed E-state index contributed by atoms with van der Waals surface area (Å²) in [5.41, 5.74) is 0.796. The Bertz CT molecular complexity index is 1030. The van der Waals surface area contributed by atoms with Crippen molar-refractivity contribution in [3.05, 3.63) is 89.7 Å². The van der Waals surface area contributed by atoms with Gasteiger partial charge in [-0.15, -0.1) is 13.2 Å². The predicted octanol–water partition coefficient (Wildman–Crippen LogP) is 5.45. The average molecular weight is 460 g/mol. The fourth-order valence-corrected chi connectivity index (χ4v) is 3.73. The maximum atomic E-state index is 13.2. The number of methoxy groups -OCH3 is 1. The molecular weight excluding hydrogens is 437 g/mol. The molecule has 0 spiro atoms. The predicted molar refractivity (Wildman–Crippen MR) is 114 cm³/mol. The van der Waals surface area contributed by atoms with Crippen molar-refractivity contribution in [2.75, 3.05) is 13.7 Å². The fraction of sp³-hybridized carbons (Fsp3) is 0.280. The number of ether oxygens (including phenoxy) is 3. The lowest BCUT2D eigenvalue weighted by molar-refractivity contribution is -0.274. The van der Waals surface area contributed by atoms with Crippen molar-refractivity contribution in [2.45, 2.75) is 19.4 Å². The van der Waals surface area contributed by atoms with E-state index in [-0.39, 0.29) is 11.3 Å². The topological polar surface area (TPSA) is 61.8 Å². The van der Waals surface area contributed by atoms with Crippen molar-refractivity contribution in [1.82, 2.24) is 0 Å². The van der Waals surface area contributed by atoms with Crippen LogP contribution in [-0.2, 0) is 14.3 Å². The molecule has 1 aliphatic rings. The van der Waals surface area contributed by atoms with E-state index in [9.17, 15) is 22.8 Å². The molecule has 0 aromatic heterocycles. The molecule has 5 nitrogen and oxygen atoms in total. The van der Waals surface area contributed by atoms with Crippen LogP contribution in [0.5, 0.6) is 5.75 Å². The van der Waals surface area contributed by atoms with Gasteiger partial charge in [0.25, 0.3) is 0 Å². The highest BCUT2D eigenvalue weighted by atomic mass is 19.4. The number of alkyl halides is 3. The van der Waals surface area contributed by atoms with Crippen LogP contribution in [0, 0.1) is 11.8 Å². The number of rotatable bonds is 9. The highest BCUT2D eigenvalue weighted by Gasteiger charge is 2.38. The first kappa shape index (κ1) is 24.3. The van der Waals surface area contributed by atoms with Gasteiger partial charge in [0, 0.05) is 18.6 Å².